The van der Waals surface area contributed by atoms with Crippen LogP contribution in [-0.2, 0) is 9.84 Å². The fraction of sp³-hybridized carbons (Fsp3) is 0.235. The van der Waals surface area contributed by atoms with Crippen molar-refractivity contribution in [2.75, 3.05) is 16.4 Å². The van der Waals surface area contributed by atoms with E-state index < -0.39 is 15.9 Å². The molecule has 24 heavy (non-hydrogen) atoms. The van der Waals surface area contributed by atoms with Gasteiger partial charge in [-0.2, -0.15) is 0 Å². The number of benzene rings is 2. The third-order valence-electron chi connectivity index (χ3n) is 4.01. The fourth-order valence-electron chi connectivity index (χ4n) is 2.86. The number of nitrogens with zero attached hydrogens (tertiary/aromatic N) is 1. The van der Waals surface area contributed by atoms with Crippen LogP contribution in [-0.4, -0.2) is 37.0 Å². The maximum Gasteiger partial charge on any atom is 0.258 e. The summed E-state index contributed by atoms with van der Waals surface area (Å²) in [5.74, 6) is -0.585. The van der Waals surface area contributed by atoms with E-state index in [2.05, 4.69) is 0 Å². The molecule has 1 heterocycles. The Morgan fingerprint density at radius 2 is 1.88 bits per heavy atom. The number of phenolic OH excluding ortho intramolecular Hbond substituents is 1. The van der Waals surface area contributed by atoms with E-state index in [9.17, 15) is 18.3 Å². The number of rotatable bonds is 3. The predicted octanol–water partition coefficient (Wildman–Crippen LogP) is 2.88. The summed E-state index contributed by atoms with van der Waals surface area (Å²) >= 11 is 6.01. The molecule has 0 saturated carbocycles. The zero-order valence-corrected chi connectivity index (χ0v) is 14.3. The van der Waals surface area contributed by atoms with Gasteiger partial charge in [0.25, 0.3) is 5.91 Å². The van der Waals surface area contributed by atoms with E-state index in [1.165, 1.54) is 23.1 Å². The maximum absolute atomic E-state index is 13.0. The summed E-state index contributed by atoms with van der Waals surface area (Å²) in [7, 11) is -3.20. The van der Waals surface area contributed by atoms with Crippen molar-refractivity contribution in [3.63, 3.8) is 0 Å². The lowest BCUT2D eigenvalue weighted by atomic mass is 10.1. The second kappa shape index (κ2) is 6.45. The van der Waals surface area contributed by atoms with Gasteiger partial charge in [-0.05, 0) is 36.8 Å². The third kappa shape index (κ3) is 3.39. The number of carbonyl (C=O) groups is 1. The molecule has 1 fully saturated rings. The van der Waals surface area contributed by atoms with E-state index in [1.807, 2.05) is 0 Å². The van der Waals surface area contributed by atoms with Crippen LogP contribution in [0, 0.1) is 0 Å². The normalized spacial score (nSPS) is 19.1. The Labute approximate surface area is 145 Å². The number of hydrogen-bond acceptors (Lipinski definition) is 4. The first-order valence-electron chi connectivity index (χ1n) is 7.45. The van der Waals surface area contributed by atoms with Gasteiger partial charge in [0.15, 0.2) is 9.84 Å². The molecule has 3 rings (SSSR count). The molecular weight excluding hydrogens is 350 g/mol. The number of phenols is 1. The summed E-state index contributed by atoms with van der Waals surface area (Å²) in [5.41, 5.74) is 0.639. The van der Waals surface area contributed by atoms with Crippen molar-refractivity contribution >= 4 is 33.0 Å². The molecule has 126 valence electrons. The maximum atomic E-state index is 13.0. The van der Waals surface area contributed by atoms with Gasteiger partial charge in [-0.15, -0.1) is 0 Å². The first kappa shape index (κ1) is 16.8. The van der Waals surface area contributed by atoms with Gasteiger partial charge in [0.2, 0.25) is 0 Å². The molecule has 1 N–H and O–H groups in total. The Kier molecular flexibility index (Phi) is 4.51. The molecule has 1 aliphatic rings. The molecule has 2 aromatic rings. The van der Waals surface area contributed by atoms with Crippen LogP contribution in [0.15, 0.2) is 48.5 Å². The van der Waals surface area contributed by atoms with Gasteiger partial charge in [-0.3, -0.25) is 4.79 Å². The molecule has 1 saturated heterocycles. The lowest BCUT2D eigenvalue weighted by molar-refractivity contribution is 0.0978. The first-order valence-corrected chi connectivity index (χ1v) is 9.65. The zero-order valence-electron chi connectivity index (χ0n) is 12.7. The molecule has 7 heteroatoms. The molecule has 1 atom stereocenters. The minimum Gasteiger partial charge on any atom is -0.506 e. The van der Waals surface area contributed by atoms with Crippen LogP contribution >= 0.6 is 11.6 Å². The van der Waals surface area contributed by atoms with Crippen LogP contribution in [0.3, 0.4) is 0 Å². The number of hydrogen-bond donors (Lipinski definition) is 1. The molecule has 1 aliphatic heterocycles. The van der Waals surface area contributed by atoms with E-state index in [4.69, 9.17) is 11.6 Å². The molecular formula is C17H16ClNO4S. The highest BCUT2D eigenvalue weighted by molar-refractivity contribution is 7.91. The lowest BCUT2D eigenvalue weighted by Gasteiger charge is -2.29. The summed E-state index contributed by atoms with van der Waals surface area (Å²) in [6.45, 7) is 0. The van der Waals surface area contributed by atoms with Crippen LogP contribution in [0.5, 0.6) is 5.75 Å². The first-order chi connectivity index (χ1) is 11.4. The molecule has 0 radical (unpaired) electrons. The number of halogens is 1. The van der Waals surface area contributed by atoms with Gasteiger partial charge in [0, 0.05) is 10.6 Å². The topological polar surface area (TPSA) is 74.7 Å². The predicted molar refractivity (Wildman–Crippen MR) is 93.4 cm³/mol. The van der Waals surface area contributed by atoms with Crippen molar-refractivity contribution in [1.29, 1.82) is 0 Å². The Bertz CT molecular complexity index is 867. The summed E-state index contributed by atoms with van der Waals surface area (Å²) in [5, 5.41) is 10.5. The number of amides is 1. The molecule has 0 aromatic heterocycles. The Balaban J connectivity index is 2.07. The number of carbonyl (C=O) groups excluding carboxylic acids is 1. The van der Waals surface area contributed by atoms with E-state index in [0.717, 1.165) is 0 Å². The van der Waals surface area contributed by atoms with Crippen molar-refractivity contribution in [3.8, 4) is 5.75 Å². The Morgan fingerprint density at radius 1 is 1.17 bits per heavy atom. The van der Waals surface area contributed by atoms with Gasteiger partial charge in [-0.25, -0.2) is 8.42 Å². The molecule has 5 nitrogen and oxygen atoms in total. The van der Waals surface area contributed by atoms with Crippen LogP contribution in [0.1, 0.15) is 16.8 Å². The minimum absolute atomic E-state index is 0.0254. The van der Waals surface area contributed by atoms with Gasteiger partial charge < -0.3 is 10.0 Å². The Morgan fingerprint density at radius 3 is 2.50 bits per heavy atom. The van der Waals surface area contributed by atoms with Crippen molar-refractivity contribution < 1.29 is 18.3 Å². The monoisotopic (exact) mass is 365 g/mol. The van der Waals surface area contributed by atoms with E-state index in [0.29, 0.717) is 17.0 Å². The van der Waals surface area contributed by atoms with Crippen LogP contribution in [0.25, 0.3) is 0 Å². The van der Waals surface area contributed by atoms with Crippen LogP contribution in [0.2, 0.25) is 5.02 Å². The summed E-state index contributed by atoms with van der Waals surface area (Å²) in [4.78, 5) is 14.3. The van der Waals surface area contributed by atoms with Crippen molar-refractivity contribution in [3.05, 3.63) is 59.1 Å². The average molecular weight is 366 g/mol. The SMILES string of the molecule is O=C(c1ccccc1)N(c1cc(Cl)ccc1O)C1CCS(=O)(=O)C1. The summed E-state index contributed by atoms with van der Waals surface area (Å²) in [6.07, 6.45) is 0.326. The van der Waals surface area contributed by atoms with Crippen LogP contribution < -0.4 is 4.90 Å². The van der Waals surface area contributed by atoms with Crippen molar-refractivity contribution in [1.82, 2.24) is 0 Å². The molecule has 1 unspecified atom stereocenters. The molecule has 1 amide bonds. The van der Waals surface area contributed by atoms with E-state index >= 15 is 0 Å². The highest BCUT2D eigenvalue weighted by Crippen LogP contribution is 2.35. The highest BCUT2D eigenvalue weighted by Gasteiger charge is 2.37. The number of sulfone groups is 1. The Hall–Kier alpha value is -2.05. The number of anilines is 1. The molecule has 0 spiro atoms. The quantitative estimate of drug-likeness (QED) is 0.907. The average Bonchev–Trinajstić information content (AvgIpc) is 2.91. The van der Waals surface area contributed by atoms with Gasteiger partial charge in [0.05, 0.1) is 23.2 Å². The fourth-order valence-corrected chi connectivity index (χ4v) is 4.73. The van der Waals surface area contributed by atoms with Gasteiger partial charge in [0.1, 0.15) is 5.75 Å². The highest BCUT2D eigenvalue weighted by atomic mass is 35.5. The summed E-state index contributed by atoms with van der Waals surface area (Å²) < 4.78 is 23.7. The minimum atomic E-state index is -3.20. The largest absolute Gasteiger partial charge is 0.506 e. The molecule has 0 bridgehead atoms. The third-order valence-corrected chi connectivity index (χ3v) is 6.00. The standard InChI is InChI=1S/C17H16ClNO4S/c18-13-6-7-16(20)15(10-13)19(14-8-9-24(22,23)11-14)17(21)12-4-2-1-3-5-12/h1-7,10,14,20H,8-9,11H2. The van der Waals surface area contributed by atoms with Crippen LogP contribution in [0.4, 0.5) is 5.69 Å². The second-order valence-corrected chi connectivity index (χ2v) is 8.40. The van der Waals surface area contributed by atoms with Crippen molar-refractivity contribution in [2.45, 2.75) is 12.5 Å². The smallest absolute Gasteiger partial charge is 0.258 e. The lowest BCUT2D eigenvalue weighted by Crippen LogP contribution is -2.41. The summed E-state index contributed by atoms with van der Waals surface area (Å²) in [6, 6.07) is 12.4. The number of aromatic hydroxyl groups is 1. The zero-order chi connectivity index (χ0) is 17.3. The van der Waals surface area contributed by atoms with Gasteiger partial charge >= 0.3 is 0 Å². The van der Waals surface area contributed by atoms with Gasteiger partial charge in [-0.1, -0.05) is 29.8 Å². The van der Waals surface area contributed by atoms with E-state index in [1.54, 1.807) is 30.3 Å². The van der Waals surface area contributed by atoms with Crippen molar-refractivity contribution in [2.24, 2.45) is 0 Å². The second-order valence-electron chi connectivity index (χ2n) is 5.73. The molecule has 2 aromatic carbocycles. The molecule has 0 aliphatic carbocycles. The van der Waals surface area contributed by atoms with E-state index in [-0.39, 0.29) is 28.8 Å².